The quantitative estimate of drug-likeness (QED) is 0.335. The Balaban J connectivity index is 0.00000280. The van der Waals surface area contributed by atoms with E-state index < -0.39 is 0 Å². The number of halogens is 2. The molecule has 1 aromatic heterocycles. The molecule has 1 atom stereocenters. The third kappa shape index (κ3) is 6.80. The Hall–Kier alpha value is -1.55. The van der Waals surface area contributed by atoms with Gasteiger partial charge in [0, 0.05) is 43.2 Å². The molecule has 28 heavy (non-hydrogen) atoms. The van der Waals surface area contributed by atoms with Crippen LogP contribution in [0, 0.1) is 5.82 Å². The Bertz CT molecular complexity index is 782. The fraction of sp³-hybridized carbons (Fsp3) is 0.400. The molecule has 3 rings (SSSR count). The molecule has 1 aliphatic heterocycles. The van der Waals surface area contributed by atoms with Gasteiger partial charge in [0.05, 0.1) is 0 Å². The van der Waals surface area contributed by atoms with Crippen LogP contribution in [0.4, 0.5) is 4.39 Å². The van der Waals surface area contributed by atoms with Crippen LogP contribution >= 0.6 is 35.7 Å². The van der Waals surface area contributed by atoms with Crippen molar-refractivity contribution < 1.29 is 9.13 Å². The van der Waals surface area contributed by atoms with Gasteiger partial charge in [-0.3, -0.25) is 4.99 Å². The molecule has 8 heteroatoms. The summed E-state index contributed by atoms with van der Waals surface area (Å²) in [4.78, 5) is 8.56. The maximum atomic E-state index is 13.2. The monoisotopic (exact) mass is 516 g/mol. The van der Waals surface area contributed by atoms with Crippen LogP contribution in [-0.4, -0.2) is 35.0 Å². The van der Waals surface area contributed by atoms with Crippen molar-refractivity contribution in [3.63, 3.8) is 0 Å². The van der Waals surface area contributed by atoms with E-state index in [1.165, 1.54) is 30.7 Å². The van der Waals surface area contributed by atoms with Gasteiger partial charge in [-0.25, -0.2) is 9.37 Å². The molecule has 2 aromatic rings. The van der Waals surface area contributed by atoms with E-state index in [4.69, 9.17) is 4.74 Å². The molecular weight excluding hydrogens is 490 g/mol. The van der Waals surface area contributed by atoms with Crippen LogP contribution in [0.1, 0.15) is 25.3 Å². The molecule has 0 bridgehead atoms. The number of nitrogens with zero attached hydrogens (tertiary/aromatic N) is 2. The summed E-state index contributed by atoms with van der Waals surface area (Å²) in [6.07, 6.45) is 4.26. The largest absolute Gasteiger partial charge is 0.439 e. The molecule has 0 spiro atoms. The summed E-state index contributed by atoms with van der Waals surface area (Å²) in [5.74, 6) is 2.54. The molecule has 1 aliphatic rings. The van der Waals surface area contributed by atoms with E-state index in [1.807, 2.05) is 17.8 Å². The molecule has 0 radical (unpaired) electrons. The molecule has 1 fully saturated rings. The van der Waals surface area contributed by atoms with Crippen LogP contribution in [-0.2, 0) is 6.54 Å². The molecule has 0 saturated carbocycles. The van der Waals surface area contributed by atoms with Crippen molar-refractivity contribution >= 4 is 41.7 Å². The summed E-state index contributed by atoms with van der Waals surface area (Å²) in [5, 5.41) is 6.71. The molecule has 1 saturated heterocycles. The zero-order chi connectivity index (χ0) is 19.1. The molecule has 5 nitrogen and oxygen atoms in total. The Morgan fingerprint density at radius 2 is 2.18 bits per heavy atom. The van der Waals surface area contributed by atoms with Crippen molar-refractivity contribution in [2.24, 2.45) is 4.99 Å². The number of aromatic nitrogens is 1. The summed E-state index contributed by atoms with van der Waals surface area (Å²) < 4.78 is 19.0. The highest BCUT2D eigenvalue weighted by molar-refractivity contribution is 14.0. The SMILES string of the molecule is CN=C(NCc1ccc(Oc2cccc(F)c2)nc1)NCC1(C)CCCS1.I. The highest BCUT2D eigenvalue weighted by atomic mass is 127. The number of hydrogen-bond acceptors (Lipinski definition) is 4. The first-order valence-electron chi connectivity index (χ1n) is 9.03. The van der Waals surface area contributed by atoms with Gasteiger partial charge in [0.1, 0.15) is 11.6 Å². The van der Waals surface area contributed by atoms with E-state index in [0.717, 1.165) is 18.1 Å². The lowest BCUT2D eigenvalue weighted by Crippen LogP contribution is -2.43. The van der Waals surface area contributed by atoms with Gasteiger partial charge >= 0.3 is 0 Å². The van der Waals surface area contributed by atoms with E-state index in [-0.39, 0.29) is 34.5 Å². The first kappa shape index (κ1) is 22.7. The molecule has 152 valence electrons. The summed E-state index contributed by atoms with van der Waals surface area (Å²) in [6.45, 7) is 3.80. The Kier molecular flexibility index (Phi) is 8.81. The second-order valence-corrected chi connectivity index (χ2v) is 8.43. The molecular formula is C20H26FIN4OS. The van der Waals surface area contributed by atoms with Gasteiger partial charge in [0.2, 0.25) is 5.88 Å². The molecule has 1 unspecified atom stereocenters. The predicted molar refractivity (Wildman–Crippen MR) is 124 cm³/mol. The van der Waals surface area contributed by atoms with Crippen LogP contribution in [0.2, 0.25) is 0 Å². The minimum atomic E-state index is -0.336. The number of aliphatic imine (C=N–C) groups is 1. The normalized spacial score (nSPS) is 19.0. The minimum Gasteiger partial charge on any atom is -0.439 e. The zero-order valence-electron chi connectivity index (χ0n) is 16.1. The van der Waals surface area contributed by atoms with Crippen molar-refractivity contribution in [3.05, 3.63) is 54.0 Å². The van der Waals surface area contributed by atoms with E-state index in [1.54, 1.807) is 31.4 Å². The fourth-order valence-electron chi connectivity index (χ4n) is 2.88. The first-order valence-corrected chi connectivity index (χ1v) is 10.0. The van der Waals surface area contributed by atoms with E-state index >= 15 is 0 Å². The number of guanidine groups is 1. The minimum absolute atomic E-state index is 0. The van der Waals surface area contributed by atoms with Gasteiger partial charge in [0.25, 0.3) is 0 Å². The lowest BCUT2D eigenvalue weighted by Gasteiger charge is -2.24. The van der Waals surface area contributed by atoms with Gasteiger partial charge in [-0.1, -0.05) is 12.1 Å². The second-order valence-electron chi connectivity index (χ2n) is 6.75. The molecule has 2 heterocycles. The Labute approximate surface area is 187 Å². The topological polar surface area (TPSA) is 58.5 Å². The Morgan fingerprint density at radius 3 is 2.82 bits per heavy atom. The standard InChI is InChI=1S/C20H25FN4OS.HI/c1-20(9-4-10-27-20)14-25-19(22-2)24-13-15-7-8-18(23-12-15)26-17-6-3-5-16(21)11-17;/h3,5-8,11-12H,4,9-10,13-14H2,1-2H3,(H2,22,24,25);1H. The maximum Gasteiger partial charge on any atom is 0.219 e. The summed E-state index contributed by atoms with van der Waals surface area (Å²) in [6, 6.07) is 9.70. The highest BCUT2D eigenvalue weighted by Gasteiger charge is 2.29. The lowest BCUT2D eigenvalue weighted by atomic mass is 10.1. The number of benzene rings is 1. The summed E-state index contributed by atoms with van der Waals surface area (Å²) in [7, 11) is 1.77. The van der Waals surface area contributed by atoms with E-state index in [9.17, 15) is 4.39 Å². The van der Waals surface area contributed by atoms with Crippen molar-refractivity contribution in [1.82, 2.24) is 15.6 Å². The third-order valence-corrected chi connectivity index (χ3v) is 5.97. The predicted octanol–water partition coefficient (Wildman–Crippen LogP) is 4.58. The van der Waals surface area contributed by atoms with Crippen LogP contribution < -0.4 is 15.4 Å². The molecule has 2 N–H and O–H groups in total. The average molecular weight is 516 g/mol. The van der Waals surface area contributed by atoms with E-state index in [0.29, 0.717) is 18.2 Å². The average Bonchev–Trinajstić information content (AvgIpc) is 3.10. The van der Waals surface area contributed by atoms with Crippen molar-refractivity contribution in [2.75, 3.05) is 19.3 Å². The van der Waals surface area contributed by atoms with Crippen molar-refractivity contribution in [3.8, 4) is 11.6 Å². The van der Waals surface area contributed by atoms with Crippen LogP contribution in [0.25, 0.3) is 0 Å². The number of hydrogen-bond donors (Lipinski definition) is 2. The molecule has 0 aliphatic carbocycles. The summed E-state index contributed by atoms with van der Waals surface area (Å²) in [5.41, 5.74) is 1.01. The van der Waals surface area contributed by atoms with Gasteiger partial charge in [-0.15, -0.1) is 24.0 Å². The van der Waals surface area contributed by atoms with E-state index in [2.05, 4.69) is 27.5 Å². The lowest BCUT2D eigenvalue weighted by molar-refractivity contribution is 0.457. The maximum absolute atomic E-state index is 13.2. The van der Waals surface area contributed by atoms with Gasteiger partial charge < -0.3 is 15.4 Å². The second kappa shape index (κ2) is 10.8. The third-order valence-electron chi connectivity index (χ3n) is 4.43. The van der Waals surface area contributed by atoms with Crippen LogP contribution in [0.3, 0.4) is 0 Å². The fourth-order valence-corrected chi connectivity index (χ4v) is 4.12. The molecule has 0 amide bonds. The highest BCUT2D eigenvalue weighted by Crippen LogP contribution is 2.36. The van der Waals surface area contributed by atoms with Crippen molar-refractivity contribution in [2.45, 2.75) is 31.1 Å². The van der Waals surface area contributed by atoms with Crippen LogP contribution in [0.15, 0.2) is 47.6 Å². The number of pyridine rings is 1. The Morgan fingerprint density at radius 1 is 1.32 bits per heavy atom. The number of thioether (sulfide) groups is 1. The zero-order valence-corrected chi connectivity index (χ0v) is 19.2. The number of rotatable bonds is 6. The van der Waals surface area contributed by atoms with Gasteiger partial charge in [0.15, 0.2) is 5.96 Å². The van der Waals surface area contributed by atoms with Gasteiger partial charge in [-0.2, -0.15) is 11.8 Å². The summed E-state index contributed by atoms with van der Waals surface area (Å²) >= 11 is 2.02. The first-order chi connectivity index (χ1) is 13.1. The van der Waals surface area contributed by atoms with Crippen molar-refractivity contribution in [1.29, 1.82) is 0 Å². The smallest absolute Gasteiger partial charge is 0.219 e. The van der Waals surface area contributed by atoms with Gasteiger partial charge in [-0.05, 0) is 43.2 Å². The molecule has 1 aromatic carbocycles. The number of nitrogens with one attached hydrogen (secondary N) is 2. The van der Waals surface area contributed by atoms with Crippen LogP contribution in [0.5, 0.6) is 11.6 Å². The number of ether oxygens (including phenoxy) is 1.